The maximum atomic E-state index is 14.4. The zero-order valence-electron chi connectivity index (χ0n) is 13.2. The van der Waals surface area contributed by atoms with Crippen LogP contribution >= 0.6 is 0 Å². The molecule has 5 nitrogen and oxygen atoms in total. The van der Waals surface area contributed by atoms with Gasteiger partial charge < -0.3 is 9.84 Å². The Morgan fingerprint density at radius 1 is 1.41 bits per heavy atom. The number of ether oxygens (including phenoxy) is 1. The summed E-state index contributed by atoms with van der Waals surface area (Å²) in [4.78, 5) is 4.47. The number of rotatable bonds is 7. The number of nitrogens with zero attached hydrogens (tertiary/aromatic N) is 3. The summed E-state index contributed by atoms with van der Waals surface area (Å²) >= 11 is 0. The summed E-state index contributed by atoms with van der Waals surface area (Å²) in [6.07, 6.45) is 1.75. The third-order valence-electron chi connectivity index (χ3n) is 3.68. The van der Waals surface area contributed by atoms with E-state index < -0.39 is 5.82 Å². The van der Waals surface area contributed by atoms with Crippen LogP contribution in [0.3, 0.4) is 0 Å². The largest absolute Gasteiger partial charge is 0.494 e. The number of hydrogen-bond donors (Lipinski definition) is 1. The lowest BCUT2D eigenvalue weighted by Crippen LogP contribution is -2.07. The molecule has 0 aliphatic carbocycles. The van der Waals surface area contributed by atoms with Crippen LogP contribution < -0.4 is 4.74 Å². The van der Waals surface area contributed by atoms with Gasteiger partial charge in [0, 0.05) is 6.42 Å². The van der Waals surface area contributed by atoms with E-state index >= 15 is 0 Å². The zero-order valence-corrected chi connectivity index (χ0v) is 13.2. The summed E-state index contributed by atoms with van der Waals surface area (Å²) < 4.78 is 21.0. The second kappa shape index (κ2) is 7.35. The Bertz CT molecular complexity index is 628. The van der Waals surface area contributed by atoms with E-state index in [1.54, 1.807) is 22.9 Å². The highest BCUT2D eigenvalue weighted by molar-refractivity contribution is 5.59. The highest BCUT2D eigenvalue weighted by Crippen LogP contribution is 2.28. The smallest absolute Gasteiger partial charge is 0.176 e. The van der Waals surface area contributed by atoms with E-state index in [9.17, 15) is 9.50 Å². The maximum absolute atomic E-state index is 14.4. The highest BCUT2D eigenvalue weighted by atomic mass is 19.1. The first-order valence-electron chi connectivity index (χ1n) is 7.48. The lowest BCUT2D eigenvalue weighted by atomic mass is 10.1. The number of aromatic nitrogens is 3. The molecule has 0 fully saturated rings. The van der Waals surface area contributed by atoms with Crippen LogP contribution in [0.15, 0.2) is 18.2 Å². The molecule has 1 atom stereocenters. The third kappa shape index (κ3) is 3.44. The van der Waals surface area contributed by atoms with Gasteiger partial charge in [0.05, 0.1) is 25.8 Å². The lowest BCUT2D eigenvalue weighted by Gasteiger charge is -2.07. The number of benzene rings is 1. The van der Waals surface area contributed by atoms with Gasteiger partial charge in [0.1, 0.15) is 0 Å². The Morgan fingerprint density at radius 2 is 2.18 bits per heavy atom. The number of aliphatic hydroxyl groups is 1. The molecule has 6 heteroatoms. The molecular weight excluding hydrogens is 285 g/mol. The minimum absolute atomic E-state index is 0.0787. The zero-order chi connectivity index (χ0) is 16.1. The molecule has 2 aromatic rings. The van der Waals surface area contributed by atoms with Crippen LogP contribution in [0.2, 0.25) is 0 Å². The summed E-state index contributed by atoms with van der Waals surface area (Å²) in [7, 11) is 1.43. The second-order valence-electron chi connectivity index (χ2n) is 5.34. The van der Waals surface area contributed by atoms with Gasteiger partial charge in [0.25, 0.3) is 0 Å². The number of hydrogen-bond acceptors (Lipinski definition) is 4. The number of methoxy groups -OCH3 is 1. The summed E-state index contributed by atoms with van der Waals surface area (Å²) in [6.45, 7) is 4.43. The fourth-order valence-corrected chi connectivity index (χ4v) is 2.22. The SMILES string of the molecule is CCC(C)Cc1nc(-c2cccc(OC)c2F)n(CCO)n1. The minimum Gasteiger partial charge on any atom is -0.494 e. The van der Waals surface area contributed by atoms with E-state index in [1.807, 2.05) is 0 Å². The highest BCUT2D eigenvalue weighted by Gasteiger charge is 2.18. The first kappa shape index (κ1) is 16.4. The van der Waals surface area contributed by atoms with Gasteiger partial charge in [0.15, 0.2) is 23.2 Å². The minimum atomic E-state index is -0.466. The molecule has 0 radical (unpaired) electrons. The fraction of sp³-hybridized carbons (Fsp3) is 0.500. The van der Waals surface area contributed by atoms with Crippen LogP contribution in [-0.4, -0.2) is 33.6 Å². The van der Waals surface area contributed by atoms with Gasteiger partial charge >= 0.3 is 0 Å². The van der Waals surface area contributed by atoms with Gasteiger partial charge in [-0.1, -0.05) is 26.3 Å². The molecule has 0 saturated heterocycles. The molecule has 120 valence electrons. The van der Waals surface area contributed by atoms with Gasteiger partial charge in [-0.25, -0.2) is 14.1 Å². The Morgan fingerprint density at radius 3 is 2.82 bits per heavy atom. The molecule has 0 spiro atoms. The predicted molar refractivity (Wildman–Crippen MR) is 82.2 cm³/mol. The van der Waals surface area contributed by atoms with Crippen molar-refractivity contribution in [3.8, 4) is 17.1 Å². The normalized spacial score (nSPS) is 12.4. The molecular formula is C16H22FN3O2. The predicted octanol–water partition coefficient (Wildman–Crippen LogP) is 2.67. The van der Waals surface area contributed by atoms with E-state index in [1.165, 1.54) is 7.11 Å². The second-order valence-corrected chi connectivity index (χ2v) is 5.34. The summed E-state index contributed by atoms with van der Waals surface area (Å²) in [6, 6.07) is 4.91. The van der Waals surface area contributed by atoms with E-state index in [2.05, 4.69) is 23.9 Å². The van der Waals surface area contributed by atoms with Crippen molar-refractivity contribution < 1.29 is 14.2 Å². The lowest BCUT2D eigenvalue weighted by molar-refractivity contribution is 0.269. The van der Waals surface area contributed by atoms with Crippen molar-refractivity contribution >= 4 is 0 Å². The average Bonchev–Trinajstić information content (AvgIpc) is 2.90. The van der Waals surface area contributed by atoms with E-state index in [0.717, 1.165) is 12.8 Å². The van der Waals surface area contributed by atoms with Gasteiger partial charge in [-0.3, -0.25) is 0 Å². The number of halogens is 1. The topological polar surface area (TPSA) is 60.2 Å². The van der Waals surface area contributed by atoms with Crippen LogP contribution in [0.4, 0.5) is 4.39 Å². The Hall–Kier alpha value is -1.95. The molecule has 0 bridgehead atoms. The van der Waals surface area contributed by atoms with Gasteiger partial charge in [-0.15, -0.1) is 0 Å². The molecule has 0 amide bonds. The van der Waals surface area contributed by atoms with Crippen LogP contribution in [0.25, 0.3) is 11.4 Å². The van der Waals surface area contributed by atoms with Crippen molar-refractivity contribution in [2.45, 2.75) is 33.2 Å². The van der Waals surface area contributed by atoms with E-state index in [-0.39, 0.29) is 18.9 Å². The van der Waals surface area contributed by atoms with Gasteiger partial charge in [0.2, 0.25) is 0 Å². The van der Waals surface area contributed by atoms with E-state index in [0.29, 0.717) is 23.1 Å². The Balaban J connectivity index is 2.44. The van der Waals surface area contributed by atoms with Crippen molar-refractivity contribution in [2.24, 2.45) is 5.92 Å². The van der Waals surface area contributed by atoms with Crippen LogP contribution in [0, 0.1) is 11.7 Å². The van der Waals surface area contributed by atoms with Crippen LogP contribution in [0.1, 0.15) is 26.1 Å². The average molecular weight is 307 g/mol. The molecule has 0 aliphatic rings. The first-order chi connectivity index (χ1) is 10.6. The van der Waals surface area contributed by atoms with Crippen molar-refractivity contribution in [1.29, 1.82) is 0 Å². The Labute approximate surface area is 129 Å². The molecule has 1 aromatic heterocycles. The summed E-state index contributed by atoms with van der Waals surface area (Å²) in [5.41, 5.74) is 0.329. The van der Waals surface area contributed by atoms with Gasteiger partial charge in [-0.05, 0) is 18.1 Å². The van der Waals surface area contributed by atoms with Crippen molar-refractivity contribution in [2.75, 3.05) is 13.7 Å². The molecule has 1 N–H and O–H groups in total. The summed E-state index contributed by atoms with van der Waals surface area (Å²) in [5.74, 6) is 1.24. The van der Waals surface area contributed by atoms with E-state index in [4.69, 9.17) is 4.74 Å². The molecule has 22 heavy (non-hydrogen) atoms. The summed E-state index contributed by atoms with van der Waals surface area (Å²) in [5, 5.41) is 13.6. The molecule has 1 heterocycles. The van der Waals surface area contributed by atoms with Crippen molar-refractivity contribution in [3.63, 3.8) is 0 Å². The maximum Gasteiger partial charge on any atom is 0.176 e. The molecule has 0 aliphatic heterocycles. The van der Waals surface area contributed by atoms with Crippen LogP contribution in [0.5, 0.6) is 5.75 Å². The molecule has 0 saturated carbocycles. The van der Waals surface area contributed by atoms with Crippen molar-refractivity contribution in [3.05, 3.63) is 29.8 Å². The Kier molecular flexibility index (Phi) is 5.49. The number of aliphatic hydroxyl groups excluding tert-OH is 1. The molecule has 2 rings (SSSR count). The standard InChI is InChI=1S/C16H22FN3O2/c1-4-11(2)10-14-18-16(20(19-14)8-9-21)12-6-5-7-13(22-3)15(12)17/h5-7,11,21H,4,8-10H2,1-3H3. The molecule has 1 aromatic carbocycles. The molecule has 1 unspecified atom stereocenters. The van der Waals surface area contributed by atoms with Crippen molar-refractivity contribution in [1.82, 2.24) is 14.8 Å². The third-order valence-corrected chi connectivity index (χ3v) is 3.68. The quantitative estimate of drug-likeness (QED) is 0.854. The first-order valence-corrected chi connectivity index (χ1v) is 7.48. The fourth-order valence-electron chi connectivity index (χ4n) is 2.22. The van der Waals surface area contributed by atoms with Gasteiger partial charge in [-0.2, -0.15) is 5.10 Å². The monoisotopic (exact) mass is 307 g/mol. The van der Waals surface area contributed by atoms with Crippen LogP contribution in [-0.2, 0) is 13.0 Å².